The first-order chi connectivity index (χ1) is 21.0. The van der Waals surface area contributed by atoms with Crippen molar-refractivity contribution in [2.75, 3.05) is 29.9 Å². The number of hydrogen-bond donors (Lipinski definition) is 2. The maximum atomic E-state index is 16.8. The summed E-state index contributed by atoms with van der Waals surface area (Å²) in [5.41, 5.74) is 0.255. The number of aromatic nitrogens is 3. The number of nitrogens with one attached hydrogen (secondary N) is 1. The summed E-state index contributed by atoms with van der Waals surface area (Å²) in [6.45, 7) is 11.9. The van der Waals surface area contributed by atoms with Gasteiger partial charge >= 0.3 is 5.69 Å². The minimum Gasteiger partial charge on any atom is -0.507 e. The molecule has 2 N–H and O–H groups in total. The summed E-state index contributed by atoms with van der Waals surface area (Å²) in [5, 5.41) is 13.8. The molecule has 6 rings (SSSR count). The summed E-state index contributed by atoms with van der Waals surface area (Å²) in [7, 11) is 0. The molecule has 2 aliphatic rings. The number of aryl methyl sites for hydroxylation is 1. The summed E-state index contributed by atoms with van der Waals surface area (Å²) in [4.78, 5) is 39.5. The van der Waals surface area contributed by atoms with Crippen molar-refractivity contribution in [2.24, 2.45) is 0 Å². The molecular formula is C32H31ClF2N6O3. The number of pyridine rings is 1. The van der Waals surface area contributed by atoms with Gasteiger partial charge in [-0.1, -0.05) is 38.1 Å². The van der Waals surface area contributed by atoms with Gasteiger partial charge in [0, 0.05) is 37.4 Å². The Labute approximate surface area is 257 Å². The molecule has 228 valence electrons. The lowest BCUT2D eigenvalue weighted by atomic mass is 9.98. The molecule has 1 saturated heterocycles. The molecule has 1 fully saturated rings. The number of phenols is 1. The molecule has 2 unspecified atom stereocenters. The van der Waals surface area contributed by atoms with Gasteiger partial charge in [-0.3, -0.25) is 14.3 Å². The van der Waals surface area contributed by atoms with E-state index in [1.807, 2.05) is 32.6 Å². The Bertz CT molecular complexity index is 1910. The van der Waals surface area contributed by atoms with Crippen molar-refractivity contribution in [3.63, 3.8) is 0 Å². The van der Waals surface area contributed by atoms with Gasteiger partial charge in [0.05, 0.1) is 44.6 Å². The van der Waals surface area contributed by atoms with E-state index < -0.39 is 40.2 Å². The topological polar surface area (TPSA) is 104 Å². The van der Waals surface area contributed by atoms with Crippen molar-refractivity contribution in [1.82, 2.24) is 19.4 Å². The van der Waals surface area contributed by atoms with Crippen molar-refractivity contribution in [2.45, 2.75) is 45.7 Å². The van der Waals surface area contributed by atoms with Crippen molar-refractivity contribution >= 4 is 39.9 Å². The number of phenolic OH excluding ortho intramolecular Hbond substituents is 1. The van der Waals surface area contributed by atoms with Gasteiger partial charge in [-0.2, -0.15) is 4.98 Å². The SMILES string of the molecule is C=CC(=O)N1CC2CNc3c(F)c(-c4c(O)cccc4F)c(Cl)c4c3c(nc(=O)n4-c3c(C)ccnc3C(C)C)N2CC1C. The lowest BCUT2D eigenvalue weighted by molar-refractivity contribution is -0.128. The minimum absolute atomic E-state index is 0.0467. The van der Waals surface area contributed by atoms with Crippen LogP contribution in [0.4, 0.5) is 20.3 Å². The van der Waals surface area contributed by atoms with Crippen LogP contribution in [0.3, 0.4) is 0 Å². The first kappa shape index (κ1) is 29.6. The lowest BCUT2D eigenvalue weighted by Crippen LogP contribution is -2.60. The van der Waals surface area contributed by atoms with Crippen molar-refractivity contribution in [3.8, 4) is 22.6 Å². The molecule has 12 heteroatoms. The highest BCUT2D eigenvalue weighted by Gasteiger charge is 2.40. The number of anilines is 2. The lowest BCUT2D eigenvalue weighted by Gasteiger charge is -2.45. The number of nitrogens with zero attached hydrogens (tertiary/aromatic N) is 5. The smallest absolute Gasteiger partial charge is 0.354 e. The van der Waals surface area contributed by atoms with Crippen LogP contribution in [0.1, 0.15) is 37.9 Å². The summed E-state index contributed by atoms with van der Waals surface area (Å²) in [6.07, 6.45) is 2.89. The number of halogens is 3. The Morgan fingerprint density at radius 2 is 1.98 bits per heavy atom. The normalized spacial score (nSPS) is 17.8. The molecule has 2 aromatic heterocycles. The van der Waals surface area contributed by atoms with Gasteiger partial charge in [-0.25, -0.2) is 13.6 Å². The van der Waals surface area contributed by atoms with E-state index >= 15 is 8.78 Å². The van der Waals surface area contributed by atoms with Crippen LogP contribution in [-0.2, 0) is 4.79 Å². The largest absolute Gasteiger partial charge is 0.507 e. The van der Waals surface area contributed by atoms with E-state index in [2.05, 4.69) is 21.9 Å². The predicted molar refractivity (Wildman–Crippen MR) is 167 cm³/mol. The third-order valence-electron chi connectivity index (χ3n) is 8.45. The van der Waals surface area contributed by atoms with E-state index in [9.17, 15) is 14.7 Å². The highest BCUT2D eigenvalue weighted by atomic mass is 35.5. The molecule has 2 aliphatic heterocycles. The second kappa shape index (κ2) is 10.9. The molecule has 0 aliphatic carbocycles. The van der Waals surface area contributed by atoms with Crippen LogP contribution >= 0.6 is 11.6 Å². The molecule has 0 saturated carbocycles. The van der Waals surface area contributed by atoms with E-state index in [1.165, 1.54) is 22.8 Å². The molecule has 0 spiro atoms. The molecule has 1 amide bonds. The summed E-state index contributed by atoms with van der Waals surface area (Å²) in [6, 6.07) is 4.71. The number of amides is 1. The number of benzene rings is 2. The molecule has 4 aromatic rings. The average Bonchev–Trinajstić information content (AvgIpc) is 3.13. The van der Waals surface area contributed by atoms with Crippen LogP contribution in [0.15, 0.2) is 47.9 Å². The van der Waals surface area contributed by atoms with E-state index in [0.29, 0.717) is 23.5 Å². The maximum absolute atomic E-state index is 16.8. The van der Waals surface area contributed by atoms with Gasteiger partial charge in [0.2, 0.25) is 5.91 Å². The van der Waals surface area contributed by atoms with Crippen LogP contribution in [0.5, 0.6) is 5.75 Å². The zero-order valence-corrected chi connectivity index (χ0v) is 25.4. The fourth-order valence-electron chi connectivity index (χ4n) is 6.36. The van der Waals surface area contributed by atoms with E-state index in [0.717, 1.165) is 6.07 Å². The van der Waals surface area contributed by atoms with Crippen LogP contribution in [0.25, 0.3) is 27.7 Å². The Kier molecular flexibility index (Phi) is 7.31. The first-order valence-corrected chi connectivity index (χ1v) is 14.7. The van der Waals surface area contributed by atoms with Gasteiger partial charge < -0.3 is 20.2 Å². The number of carbonyl (C=O) groups is 1. The zero-order valence-electron chi connectivity index (χ0n) is 24.7. The second-order valence-electron chi connectivity index (χ2n) is 11.5. The predicted octanol–water partition coefficient (Wildman–Crippen LogP) is 5.53. The van der Waals surface area contributed by atoms with E-state index in [1.54, 1.807) is 17.2 Å². The molecule has 0 radical (unpaired) electrons. The Hall–Kier alpha value is -4.51. The molecule has 2 atom stereocenters. The maximum Gasteiger partial charge on any atom is 0.354 e. The number of rotatable bonds is 4. The molecular weight excluding hydrogens is 590 g/mol. The number of hydrogen-bond acceptors (Lipinski definition) is 7. The molecule has 44 heavy (non-hydrogen) atoms. The third kappa shape index (κ3) is 4.40. The third-order valence-corrected chi connectivity index (χ3v) is 8.81. The number of fused-ring (bicyclic) bond motifs is 2. The highest BCUT2D eigenvalue weighted by Crippen LogP contribution is 2.49. The van der Waals surface area contributed by atoms with Crippen molar-refractivity contribution in [3.05, 3.63) is 81.5 Å². The van der Waals surface area contributed by atoms with Gasteiger partial charge in [-0.05, 0) is 49.6 Å². The Morgan fingerprint density at radius 3 is 2.66 bits per heavy atom. The second-order valence-corrected chi connectivity index (χ2v) is 11.9. The zero-order chi connectivity index (χ0) is 31.6. The standard InChI is InChI=1S/C32H31ClF2N6O3/c1-6-21(43)39-14-18-12-37-28-24-30(25(33)23(26(28)35)22-19(34)8-7-9-20(22)42)41(29-16(4)10-11-36-27(29)15(2)3)32(44)38-31(24)40(18)13-17(39)5/h6-11,15,17-18,37,42H,1,12-14H2,2-5H3. The number of piperazine rings is 1. The first-order valence-electron chi connectivity index (χ1n) is 14.3. The van der Waals surface area contributed by atoms with Gasteiger partial charge in [0.15, 0.2) is 5.82 Å². The number of aromatic hydroxyl groups is 1. The summed E-state index contributed by atoms with van der Waals surface area (Å²) in [5.74, 6) is -2.47. The quantitative estimate of drug-likeness (QED) is 0.289. The van der Waals surface area contributed by atoms with Crippen LogP contribution < -0.4 is 15.9 Å². The van der Waals surface area contributed by atoms with E-state index in [-0.39, 0.29) is 58.4 Å². The Balaban J connectivity index is 1.77. The number of carbonyl (C=O) groups excluding carboxylic acids is 1. The van der Waals surface area contributed by atoms with E-state index in [4.69, 9.17) is 11.6 Å². The van der Waals surface area contributed by atoms with Crippen LogP contribution in [0.2, 0.25) is 5.02 Å². The fourth-order valence-corrected chi connectivity index (χ4v) is 6.72. The average molecular weight is 621 g/mol. The van der Waals surface area contributed by atoms with Gasteiger partial charge in [-0.15, -0.1) is 0 Å². The summed E-state index contributed by atoms with van der Waals surface area (Å²) >= 11 is 7.07. The van der Waals surface area contributed by atoms with Crippen molar-refractivity contribution in [1.29, 1.82) is 0 Å². The van der Waals surface area contributed by atoms with Crippen LogP contribution in [-0.4, -0.2) is 62.2 Å². The Morgan fingerprint density at radius 1 is 1.23 bits per heavy atom. The molecule has 2 aromatic carbocycles. The highest BCUT2D eigenvalue weighted by molar-refractivity contribution is 6.39. The summed E-state index contributed by atoms with van der Waals surface area (Å²) < 4.78 is 33.4. The monoisotopic (exact) mass is 620 g/mol. The molecule has 0 bridgehead atoms. The van der Waals surface area contributed by atoms with Gasteiger partial charge in [0.1, 0.15) is 17.4 Å². The fraction of sp³-hybridized carbons (Fsp3) is 0.312. The molecule has 9 nitrogen and oxygen atoms in total. The van der Waals surface area contributed by atoms with Gasteiger partial charge in [0.25, 0.3) is 0 Å². The minimum atomic E-state index is -0.907. The molecule has 4 heterocycles. The van der Waals surface area contributed by atoms with Crippen molar-refractivity contribution < 1.29 is 18.7 Å². The van der Waals surface area contributed by atoms with Crippen LogP contribution in [0, 0.1) is 18.6 Å².